The zero-order chi connectivity index (χ0) is 13.8. The van der Waals surface area contributed by atoms with Gasteiger partial charge in [0, 0.05) is 5.69 Å². The van der Waals surface area contributed by atoms with Gasteiger partial charge in [0.2, 0.25) is 0 Å². The SMILES string of the molecule is COC(=O)c1cc(NC(C)c2ccco2)ccc1Cl. The molecule has 1 heterocycles. The number of ether oxygens (including phenoxy) is 1. The van der Waals surface area contributed by atoms with Crippen LogP contribution < -0.4 is 5.32 Å². The highest BCUT2D eigenvalue weighted by Crippen LogP contribution is 2.24. The van der Waals surface area contributed by atoms with Crippen molar-refractivity contribution in [3.05, 3.63) is 52.9 Å². The van der Waals surface area contributed by atoms with Crippen LogP contribution in [-0.2, 0) is 4.74 Å². The van der Waals surface area contributed by atoms with Gasteiger partial charge in [-0.1, -0.05) is 11.6 Å². The van der Waals surface area contributed by atoms with Crippen LogP contribution in [0.4, 0.5) is 5.69 Å². The molecular formula is C14H14ClNO3. The van der Waals surface area contributed by atoms with Gasteiger partial charge in [-0.05, 0) is 37.3 Å². The molecule has 0 amide bonds. The molecule has 0 saturated carbocycles. The molecular weight excluding hydrogens is 266 g/mol. The molecule has 0 aliphatic rings. The smallest absolute Gasteiger partial charge is 0.339 e. The second kappa shape index (κ2) is 5.80. The summed E-state index contributed by atoms with van der Waals surface area (Å²) in [5.74, 6) is 0.355. The van der Waals surface area contributed by atoms with Crippen molar-refractivity contribution in [1.82, 2.24) is 0 Å². The fraction of sp³-hybridized carbons (Fsp3) is 0.214. The van der Waals surface area contributed by atoms with Crippen LogP contribution in [0.25, 0.3) is 0 Å². The van der Waals surface area contributed by atoms with E-state index in [1.807, 2.05) is 19.1 Å². The first-order valence-electron chi connectivity index (χ1n) is 5.79. The van der Waals surface area contributed by atoms with Gasteiger partial charge >= 0.3 is 5.97 Å². The number of furan rings is 1. The van der Waals surface area contributed by atoms with E-state index in [1.165, 1.54) is 7.11 Å². The Labute approximate surface area is 116 Å². The molecule has 0 spiro atoms. The van der Waals surface area contributed by atoms with Gasteiger partial charge in [-0.15, -0.1) is 0 Å². The number of anilines is 1. The third kappa shape index (κ3) is 3.09. The highest BCUT2D eigenvalue weighted by atomic mass is 35.5. The Morgan fingerprint density at radius 2 is 2.21 bits per heavy atom. The molecule has 5 heteroatoms. The number of hydrogen-bond donors (Lipinski definition) is 1. The van der Waals surface area contributed by atoms with Crippen molar-refractivity contribution in [3.8, 4) is 0 Å². The molecule has 0 saturated heterocycles. The zero-order valence-corrected chi connectivity index (χ0v) is 11.4. The molecule has 100 valence electrons. The third-order valence-corrected chi connectivity index (χ3v) is 3.05. The van der Waals surface area contributed by atoms with Gasteiger partial charge in [-0.3, -0.25) is 0 Å². The number of methoxy groups -OCH3 is 1. The second-order valence-corrected chi connectivity index (χ2v) is 4.47. The molecule has 19 heavy (non-hydrogen) atoms. The van der Waals surface area contributed by atoms with E-state index in [-0.39, 0.29) is 6.04 Å². The van der Waals surface area contributed by atoms with E-state index >= 15 is 0 Å². The molecule has 2 aromatic rings. The number of esters is 1. The summed E-state index contributed by atoms with van der Waals surface area (Å²) in [6, 6.07) is 8.82. The van der Waals surface area contributed by atoms with E-state index < -0.39 is 5.97 Å². The van der Waals surface area contributed by atoms with E-state index in [0.29, 0.717) is 10.6 Å². The fourth-order valence-electron chi connectivity index (χ4n) is 1.74. The number of nitrogens with one attached hydrogen (secondary N) is 1. The molecule has 0 aliphatic carbocycles. The molecule has 1 N–H and O–H groups in total. The maximum atomic E-state index is 11.5. The van der Waals surface area contributed by atoms with Crippen LogP contribution in [-0.4, -0.2) is 13.1 Å². The molecule has 4 nitrogen and oxygen atoms in total. The Bertz CT molecular complexity index is 566. The van der Waals surface area contributed by atoms with Gasteiger partial charge in [0.05, 0.1) is 30.0 Å². The van der Waals surface area contributed by atoms with Gasteiger partial charge in [-0.25, -0.2) is 4.79 Å². The van der Waals surface area contributed by atoms with E-state index in [9.17, 15) is 4.79 Å². The van der Waals surface area contributed by atoms with Crippen molar-refractivity contribution in [2.24, 2.45) is 0 Å². The Morgan fingerprint density at radius 3 is 2.84 bits per heavy atom. The molecule has 0 fully saturated rings. The normalized spacial score (nSPS) is 11.9. The largest absolute Gasteiger partial charge is 0.467 e. The Kier molecular flexibility index (Phi) is 4.12. The minimum absolute atomic E-state index is 0.0123. The molecule has 2 rings (SSSR count). The zero-order valence-electron chi connectivity index (χ0n) is 10.6. The minimum atomic E-state index is -0.459. The average Bonchev–Trinajstić information content (AvgIpc) is 2.94. The topological polar surface area (TPSA) is 51.5 Å². The summed E-state index contributed by atoms with van der Waals surface area (Å²) in [6.45, 7) is 1.96. The lowest BCUT2D eigenvalue weighted by Crippen LogP contribution is -2.08. The monoisotopic (exact) mass is 279 g/mol. The number of benzene rings is 1. The predicted octanol–water partition coefficient (Wildman–Crippen LogP) is 3.89. The molecule has 0 aliphatic heterocycles. The highest BCUT2D eigenvalue weighted by Gasteiger charge is 2.13. The summed E-state index contributed by atoms with van der Waals surface area (Å²) < 4.78 is 9.99. The molecule has 0 bridgehead atoms. The van der Waals surface area contributed by atoms with E-state index in [0.717, 1.165) is 11.4 Å². The lowest BCUT2D eigenvalue weighted by atomic mass is 10.1. The van der Waals surface area contributed by atoms with Crippen LogP contribution >= 0.6 is 11.6 Å². The minimum Gasteiger partial charge on any atom is -0.467 e. The quantitative estimate of drug-likeness (QED) is 0.863. The van der Waals surface area contributed by atoms with E-state index in [2.05, 4.69) is 10.1 Å². The Morgan fingerprint density at radius 1 is 1.42 bits per heavy atom. The summed E-state index contributed by atoms with van der Waals surface area (Å²) in [7, 11) is 1.32. The Hall–Kier alpha value is -1.94. The first-order valence-corrected chi connectivity index (χ1v) is 6.17. The van der Waals surface area contributed by atoms with E-state index in [1.54, 1.807) is 24.5 Å². The van der Waals surface area contributed by atoms with Crippen molar-refractivity contribution < 1.29 is 13.9 Å². The summed E-state index contributed by atoms with van der Waals surface area (Å²) in [4.78, 5) is 11.5. The Balaban J connectivity index is 2.19. The summed E-state index contributed by atoms with van der Waals surface area (Å²) in [5, 5.41) is 3.59. The number of carbonyl (C=O) groups is 1. The van der Waals surface area contributed by atoms with E-state index in [4.69, 9.17) is 16.0 Å². The first-order chi connectivity index (χ1) is 9.11. The molecule has 0 radical (unpaired) electrons. The van der Waals surface area contributed by atoms with Crippen LogP contribution in [0, 0.1) is 0 Å². The van der Waals surface area contributed by atoms with Crippen LogP contribution in [0.15, 0.2) is 41.0 Å². The van der Waals surface area contributed by atoms with Crippen molar-refractivity contribution in [3.63, 3.8) is 0 Å². The fourth-order valence-corrected chi connectivity index (χ4v) is 1.93. The lowest BCUT2D eigenvalue weighted by molar-refractivity contribution is 0.0601. The van der Waals surface area contributed by atoms with Gasteiger partial charge in [0.1, 0.15) is 5.76 Å². The van der Waals surface area contributed by atoms with Crippen LogP contribution in [0.5, 0.6) is 0 Å². The number of hydrogen-bond acceptors (Lipinski definition) is 4. The van der Waals surface area contributed by atoms with Crippen molar-refractivity contribution in [2.75, 3.05) is 12.4 Å². The average molecular weight is 280 g/mol. The second-order valence-electron chi connectivity index (χ2n) is 4.07. The molecule has 1 atom stereocenters. The number of halogens is 1. The summed E-state index contributed by atoms with van der Waals surface area (Å²) in [5.41, 5.74) is 1.11. The number of rotatable bonds is 4. The van der Waals surface area contributed by atoms with Gasteiger partial charge in [-0.2, -0.15) is 0 Å². The third-order valence-electron chi connectivity index (χ3n) is 2.72. The lowest BCUT2D eigenvalue weighted by Gasteiger charge is -2.14. The standard InChI is InChI=1S/C14H14ClNO3/c1-9(13-4-3-7-19-13)16-10-5-6-12(15)11(8-10)14(17)18-2/h3-9,16H,1-2H3. The predicted molar refractivity (Wildman–Crippen MR) is 73.5 cm³/mol. The summed E-state index contributed by atoms with van der Waals surface area (Å²) in [6.07, 6.45) is 1.62. The van der Waals surface area contributed by atoms with Crippen LogP contribution in [0.3, 0.4) is 0 Å². The highest BCUT2D eigenvalue weighted by molar-refractivity contribution is 6.33. The van der Waals surface area contributed by atoms with Gasteiger partial charge in [0.25, 0.3) is 0 Å². The summed E-state index contributed by atoms with van der Waals surface area (Å²) >= 11 is 5.96. The maximum absolute atomic E-state index is 11.5. The van der Waals surface area contributed by atoms with Gasteiger partial charge < -0.3 is 14.5 Å². The van der Waals surface area contributed by atoms with Crippen LogP contribution in [0.2, 0.25) is 5.02 Å². The van der Waals surface area contributed by atoms with Crippen molar-refractivity contribution in [1.29, 1.82) is 0 Å². The molecule has 1 aromatic heterocycles. The van der Waals surface area contributed by atoms with Gasteiger partial charge in [0.15, 0.2) is 0 Å². The van der Waals surface area contributed by atoms with Crippen LogP contribution in [0.1, 0.15) is 29.1 Å². The molecule has 1 unspecified atom stereocenters. The van der Waals surface area contributed by atoms with Crippen molar-refractivity contribution in [2.45, 2.75) is 13.0 Å². The molecule has 1 aromatic carbocycles. The first kappa shape index (κ1) is 13.5. The van der Waals surface area contributed by atoms with Crippen molar-refractivity contribution >= 4 is 23.3 Å². The number of carbonyl (C=O) groups excluding carboxylic acids is 1. The maximum Gasteiger partial charge on any atom is 0.339 e.